The van der Waals surface area contributed by atoms with Crippen molar-refractivity contribution in [2.75, 3.05) is 26.2 Å². The third-order valence-corrected chi connectivity index (χ3v) is 3.96. The predicted molar refractivity (Wildman–Crippen MR) is 62.4 cm³/mol. The van der Waals surface area contributed by atoms with E-state index in [1.54, 1.807) is 0 Å². The fraction of sp³-hybridized carbons (Fsp3) is 0.917. The third kappa shape index (κ3) is 2.55. The first kappa shape index (κ1) is 11.9. The summed E-state index contributed by atoms with van der Waals surface area (Å²) in [4.78, 5) is 13.7. The molecule has 1 atom stereocenters. The number of carboxylic acid groups (broad SMARTS) is 1. The van der Waals surface area contributed by atoms with Gasteiger partial charge in [-0.2, -0.15) is 0 Å². The molecule has 1 saturated heterocycles. The Balaban J connectivity index is 1.75. The van der Waals surface area contributed by atoms with Crippen LogP contribution >= 0.6 is 0 Å². The van der Waals surface area contributed by atoms with Crippen molar-refractivity contribution in [3.05, 3.63) is 0 Å². The van der Waals surface area contributed by atoms with Crippen LogP contribution in [0.5, 0.6) is 0 Å². The van der Waals surface area contributed by atoms with Gasteiger partial charge >= 0.3 is 5.97 Å². The van der Waals surface area contributed by atoms with E-state index >= 15 is 0 Å². The molecule has 0 bridgehead atoms. The lowest BCUT2D eigenvalue weighted by Gasteiger charge is -2.27. The number of aliphatic carboxylic acids is 1. The maximum Gasteiger partial charge on any atom is 0.323 e. The zero-order valence-electron chi connectivity index (χ0n) is 10.0. The summed E-state index contributed by atoms with van der Waals surface area (Å²) in [6, 6.07) is 0. The lowest BCUT2D eigenvalue weighted by atomic mass is 9.96. The van der Waals surface area contributed by atoms with E-state index in [0.717, 1.165) is 25.9 Å². The summed E-state index contributed by atoms with van der Waals surface area (Å²) in [6.45, 7) is 5.95. The van der Waals surface area contributed by atoms with Gasteiger partial charge in [-0.1, -0.05) is 0 Å². The van der Waals surface area contributed by atoms with Crippen LogP contribution in [0.2, 0.25) is 0 Å². The molecule has 4 nitrogen and oxygen atoms in total. The molecule has 1 saturated carbocycles. The van der Waals surface area contributed by atoms with Crippen LogP contribution in [0.1, 0.15) is 32.6 Å². The van der Waals surface area contributed by atoms with Crippen LogP contribution in [0.3, 0.4) is 0 Å². The van der Waals surface area contributed by atoms with Crippen LogP contribution in [-0.2, 0) is 4.79 Å². The zero-order chi connectivity index (χ0) is 11.6. The monoisotopic (exact) mass is 226 g/mol. The van der Waals surface area contributed by atoms with E-state index in [2.05, 4.69) is 10.2 Å². The minimum absolute atomic E-state index is 0.337. The molecule has 2 aliphatic rings. The highest BCUT2D eigenvalue weighted by Gasteiger charge is 2.46. The standard InChI is InChI=1S/C12H22N2O2/c1-12(11(15)16,10-4-5-10)13-6-9-14-7-2-3-8-14/h10,13H,2-9H2,1H3,(H,15,16). The summed E-state index contributed by atoms with van der Waals surface area (Å²) in [5, 5.41) is 12.5. The quantitative estimate of drug-likeness (QED) is 0.707. The Bertz CT molecular complexity index is 260. The molecule has 92 valence electrons. The first-order chi connectivity index (χ1) is 7.63. The minimum Gasteiger partial charge on any atom is -0.480 e. The van der Waals surface area contributed by atoms with Crippen molar-refractivity contribution in [1.29, 1.82) is 0 Å². The average molecular weight is 226 g/mol. The van der Waals surface area contributed by atoms with Crippen LogP contribution in [0.25, 0.3) is 0 Å². The van der Waals surface area contributed by atoms with Crippen molar-refractivity contribution < 1.29 is 9.90 Å². The molecule has 1 unspecified atom stereocenters. The van der Waals surface area contributed by atoms with Crippen LogP contribution in [-0.4, -0.2) is 47.7 Å². The smallest absolute Gasteiger partial charge is 0.323 e. The van der Waals surface area contributed by atoms with Crippen molar-refractivity contribution in [3.63, 3.8) is 0 Å². The van der Waals surface area contributed by atoms with Gasteiger partial charge < -0.3 is 15.3 Å². The molecule has 0 amide bonds. The SMILES string of the molecule is CC(NCCN1CCCC1)(C(=O)O)C1CC1. The highest BCUT2D eigenvalue weighted by molar-refractivity contribution is 5.79. The summed E-state index contributed by atoms with van der Waals surface area (Å²) < 4.78 is 0. The molecule has 16 heavy (non-hydrogen) atoms. The maximum atomic E-state index is 11.3. The van der Waals surface area contributed by atoms with Crippen LogP contribution < -0.4 is 5.32 Å². The fourth-order valence-corrected chi connectivity index (χ4v) is 2.54. The van der Waals surface area contributed by atoms with Crippen LogP contribution in [0, 0.1) is 5.92 Å². The van der Waals surface area contributed by atoms with E-state index in [4.69, 9.17) is 0 Å². The highest BCUT2D eigenvalue weighted by atomic mass is 16.4. The summed E-state index contributed by atoms with van der Waals surface area (Å²) >= 11 is 0. The van der Waals surface area contributed by atoms with Gasteiger partial charge in [0.2, 0.25) is 0 Å². The summed E-state index contributed by atoms with van der Waals surface area (Å²) in [7, 11) is 0. The Morgan fingerprint density at radius 3 is 2.56 bits per heavy atom. The molecule has 0 radical (unpaired) electrons. The van der Waals surface area contributed by atoms with Gasteiger partial charge in [0, 0.05) is 13.1 Å². The largest absolute Gasteiger partial charge is 0.480 e. The van der Waals surface area contributed by atoms with Crippen molar-refractivity contribution in [1.82, 2.24) is 10.2 Å². The van der Waals surface area contributed by atoms with Crippen molar-refractivity contribution in [3.8, 4) is 0 Å². The molecular formula is C12H22N2O2. The Morgan fingerprint density at radius 1 is 1.44 bits per heavy atom. The molecule has 0 aromatic rings. The first-order valence-corrected chi connectivity index (χ1v) is 6.34. The van der Waals surface area contributed by atoms with Crippen molar-refractivity contribution in [2.24, 2.45) is 5.92 Å². The number of likely N-dealkylation sites (tertiary alicyclic amines) is 1. The Hall–Kier alpha value is -0.610. The van der Waals surface area contributed by atoms with Gasteiger partial charge in [-0.15, -0.1) is 0 Å². The summed E-state index contributed by atoms with van der Waals surface area (Å²) in [6.07, 6.45) is 4.69. The van der Waals surface area contributed by atoms with E-state index in [1.807, 2.05) is 6.92 Å². The van der Waals surface area contributed by atoms with Gasteiger partial charge in [-0.3, -0.25) is 4.79 Å². The number of nitrogens with one attached hydrogen (secondary N) is 1. The first-order valence-electron chi connectivity index (χ1n) is 6.34. The van der Waals surface area contributed by atoms with Gasteiger partial charge in [0.15, 0.2) is 0 Å². The summed E-state index contributed by atoms with van der Waals surface area (Å²) in [5.74, 6) is -0.361. The second-order valence-corrected chi connectivity index (χ2v) is 5.26. The molecule has 2 rings (SSSR count). The molecule has 1 aliphatic carbocycles. The van der Waals surface area contributed by atoms with E-state index in [-0.39, 0.29) is 0 Å². The Labute approximate surface area is 97.0 Å². The lowest BCUT2D eigenvalue weighted by molar-refractivity contribution is -0.145. The Morgan fingerprint density at radius 2 is 2.06 bits per heavy atom. The number of rotatable bonds is 6. The second-order valence-electron chi connectivity index (χ2n) is 5.26. The van der Waals surface area contributed by atoms with Crippen molar-refractivity contribution >= 4 is 5.97 Å². The molecule has 0 aromatic heterocycles. The molecule has 4 heteroatoms. The zero-order valence-corrected chi connectivity index (χ0v) is 10.0. The maximum absolute atomic E-state index is 11.3. The van der Waals surface area contributed by atoms with E-state index in [1.165, 1.54) is 25.9 Å². The molecule has 1 heterocycles. The number of carboxylic acids is 1. The molecule has 1 aliphatic heterocycles. The highest BCUT2D eigenvalue weighted by Crippen LogP contribution is 2.39. The van der Waals surface area contributed by atoms with Gasteiger partial charge in [0.05, 0.1) is 0 Å². The predicted octanol–water partition coefficient (Wildman–Crippen LogP) is 0.925. The fourth-order valence-electron chi connectivity index (χ4n) is 2.54. The normalized spacial score (nSPS) is 25.6. The van der Waals surface area contributed by atoms with Crippen molar-refractivity contribution in [2.45, 2.75) is 38.1 Å². The topological polar surface area (TPSA) is 52.6 Å². The summed E-state index contributed by atoms with van der Waals surface area (Å²) in [5.41, 5.74) is -0.695. The molecule has 2 N–H and O–H groups in total. The molecule has 0 aromatic carbocycles. The van der Waals surface area contributed by atoms with Gasteiger partial charge in [0.25, 0.3) is 0 Å². The number of hydrogen-bond donors (Lipinski definition) is 2. The van der Waals surface area contributed by atoms with Crippen LogP contribution in [0.15, 0.2) is 0 Å². The average Bonchev–Trinajstić information content (AvgIpc) is 2.98. The Kier molecular flexibility index (Phi) is 3.50. The van der Waals surface area contributed by atoms with E-state index < -0.39 is 11.5 Å². The number of hydrogen-bond acceptors (Lipinski definition) is 3. The molecular weight excluding hydrogens is 204 g/mol. The molecule has 0 spiro atoms. The van der Waals surface area contributed by atoms with E-state index in [9.17, 15) is 9.90 Å². The van der Waals surface area contributed by atoms with E-state index in [0.29, 0.717) is 5.92 Å². The molecule has 2 fully saturated rings. The number of nitrogens with zero attached hydrogens (tertiary/aromatic N) is 1. The minimum atomic E-state index is -0.698. The van der Waals surface area contributed by atoms with Gasteiger partial charge in [-0.25, -0.2) is 0 Å². The second kappa shape index (κ2) is 4.72. The third-order valence-electron chi connectivity index (χ3n) is 3.96. The van der Waals surface area contributed by atoms with Gasteiger partial charge in [0.1, 0.15) is 5.54 Å². The lowest BCUT2D eigenvalue weighted by Crippen LogP contribution is -2.53. The van der Waals surface area contributed by atoms with Crippen LogP contribution in [0.4, 0.5) is 0 Å². The van der Waals surface area contributed by atoms with Gasteiger partial charge in [-0.05, 0) is 51.6 Å². The number of carbonyl (C=O) groups is 1.